The SMILES string of the molecule is CN=C(NCCN(C)S(=O)(=O)c1cccs1)NCC1(C)CCCS1.I. The molecular weight excluding hydrogens is 491 g/mol. The quantitative estimate of drug-likeness (QED) is 0.330. The third kappa shape index (κ3) is 6.56. The normalized spacial score (nSPS) is 21.2. The van der Waals surface area contributed by atoms with E-state index in [1.165, 1.54) is 34.2 Å². The summed E-state index contributed by atoms with van der Waals surface area (Å²) < 4.78 is 26.7. The van der Waals surface area contributed by atoms with Crippen molar-refractivity contribution in [3.63, 3.8) is 0 Å². The van der Waals surface area contributed by atoms with E-state index < -0.39 is 10.0 Å². The van der Waals surface area contributed by atoms with Crippen molar-refractivity contribution >= 4 is 63.1 Å². The van der Waals surface area contributed by atoms with Crippen LogP contribution in [0.5, 0.6) is 0 Å². The second-order valence-corrected chi connectivity index (χ2v) is 10.9. The highest BCUT2D eigenvalue weighted by molar-refractivity contribution is 14.0. The summed E-state index contributed by atoms with van der Waals surface area (Å²) in [7, 11) is -0.0592. The zero-order chi connectivity index (χ0) is 17.6. The summed E-state index contributed by atoms with van der Waals surface area (Å²) in [6.45, 7) is 4.02. The molecule has 0 radical (unpaired) electrons. The second-order valence-electron chi connectivity index (χ2n) is 6.01. The standard InChI is InChI=1S/C15H26N4O2S3.HI/c1-15(7-5-11-23-15)12-18-14(16-2)17-8-9-19(3)24(20,21)13-6-4-10-22-13;/h4,6,10H,5,7-9,11-12H2,1-3H3,(H2,16,17,18);1H. The molecule has 1 aromatic heterocycles. The maximum Gasteiger partial charge on any atom is 0.252 e. The average Bonchev–Trinajstić information content (AvgIpc) is 3.22. The molecule has 2 heterocycles. The van der Waals surface area contributed by atoms with Gasteiger partial charge < -0.3 is 10.6 Å². The Balaban J connectivity index is 0.00000312. The van der Waals surface area contributed by atoms with Gasteiger partial charge in [0.05, 0.1) is 0 Å². The number of thioether (sulfide) groups is 1. The van der Waals surface area contributed by atoms with Crippen molar-refractivity contribution in [3.8, 4) is 0 Å². The summed E-state index contributed by atoms with van der Waals surface area (Å²) in [4.78, 5) is 4.21. The Morgan fingerprint density at radius 3 is 2.76 bits per heavy atom. The summed E-state index contributed by atoms with van der Waals surface area (Å²) in [6, 6.07) is 3.38. The number of nitrogens with zero attached hydrogens (tertiary/aromatic N) is 2. The summed E-state index contributed by atoms with van der Waals surface area (Å²) >= 11 is 3.23. The van der Waals surface area contributed by atoms with E-state index in [2.05, 4.69) is 22.5 Å². The fraction of sp³-hybridized carbons (Fsp3) is 0.667. The van der Waals surface area contributed by atoms with Crippen LogP contribution in [-0.2, 0) is 10.0 Å². The number of hydrogen-bond donors (Lipinski definition) is 2. The third-order valence-corrected chi connectivity index (χ3v) is 8.80. The van der Waals surface area contributed by atoms with Gasteiger partial charge >= 0.3 is 0 Å². The fourth-order valence-electron chi connectivity index (χ4n) is 2.48. The van der Waals surface area contributed by atoms with Crippen LogP contribution in [0.4, 0.5) is 0 Å². The van der Waals surface area contributed by atoms with Gasteiger partial charge in [0.25, 0.3) is 10.0 Å². The van der Waals surface area contributed by atoms with Crippen LogP contribution in [0.25, 0.3) is 0 Å². The number of likely N-dealkylation sites (N-methyl/N-ethyl adjacent to an activating group) is 1. The van der Waals surface area contributed by atoms with Crippen LogP contribution in [-0.4, -0.2) is 62.9 Å². The number of halogens is 1. The second kappa shape index (κ2) is 10.3. The van der Waals surface area contributed by atoms with Crippen molar-refractivity contribution in [2.24, 2.45) is 4.99 Å². The Labute approximate surface area is 176 Å². The molecule has 0 saturated carbocycles. The van der Waals surface area contributed by atoms with Gasteiger partial charge in [-0.2, -0.15) is 16.1 Å². The molecule has 0 aromatic carbocycles. The molecule has 144 valence electrons. The molecule has 1 aliphatic heterocycles. The lowest BCUT2D eigenvalue weighted by Crippen LogP contribution is -2.45. The first kappa shape index (κ1) is 23.0. The molecule has 1 saturated heterocycles. The minimum absolute atomic E-state index is 0. The highest BCUT2D eigenvalue weighted by atomic mass is 127. The predicted octanol–water partition coefficient (Wildman–Crippen LogP) is 2.44. The van der Waals surface area contributed by atoms with Crippen molar-refractivity contribution < 1.29 is 8.42 Å². The van der Waals surface area contributed by atoms with Crippen LogP contribution in [0.1, 0.15) is 19.8 Å². The van der Waals surface area contributed by atoms with E-state index in [-0.39, 0.29) is 28.7 Å². The lowest BCUT2D eigenvalue weighted by molar-refractivity contribution is 0.471. The molecule has 2 rings (SSSR count). The molecule has 10 heteroatoms. The topological polar surface area (TPSA) is 73.8 Å². The molecule has 1 aromatic rings. The van der Waals surface area contributed by atoms with E-state index in [0.717, 1.165) is 6.54 Å². The van der Waals surface area contributed by atoms with E-state index in [1.807, 2.05) is 11.8 Å². The first-order valence-electron chi connectivity index (χ1n) is 7.96. The van der Waals surface area contributed by atoms with Crippen LogP contribution in [0.3, 0.4) is 0 Å². The van der Waals surface area contributed by atoms with Gasteiger partial charge in [0.2, 0.25) is 0 Å². The Bertz CT molecular complexity index is 644. The lowest BCUT2D eigenvalue weighted by Gasteiger charge is -2.24. The highest BCUT2D eigenvalue weighted by Crippen LogP contribution is 2.36. The van der Waals surface area contributed by atoms with E-state index in [0.29, 0.717) is 23.3 Å². The fourth-order valence-corrected chi connectivity index (χ4v) is 6.10. The maximum absolute atomic E-state index is 12.3. The van der Waals surface area contributed by atoms with Crippen molar-refractivity contribution in [2.45, 2.75) is 28.7 Å². The molecule has 0 aliphatic carbocycles. The van der Waals surface area contributed by atoms with Crippen LogP contribution in [0.2, 0.25) is 0 Å². The van der Waals surface area contributed by atoms with Gasteiger partial charge in [0, 0.05) is 38.5 Å². The zero-order valence-corrected chi connectivity index (χ0v) is 19.6. The number of hydrogen-bond acceptors (Lipinski definition) is 5. The molecule has 2 N–H and O–H groups in total. The first-order valence-corrected chi connectivity index (χ1v) is 11.3. The lowest BCUT2D eigenvalue weighted by atomic mass is 10.1. The van der Waals surface area contributed by atoms with Gasteiger partial charge in [-0.1, -0.05) is 6.07 Å². The van der Waals surface area contributed by atoms with Gasteiger partial charge in [-0.3, -0.25) is 4.99 Å². The van der Waals surface area contributed by atoms with Crippen molar-refractivity contribution in [1.29, 1.82) is 0 Å². The highest BCUT2D eigenvalue weighted by Gasteiger charge is 2.29. The molecule has 25 heavy (non-hydrogen) atoms. The molecule has 1 aliphatic rings. The number of guanidine groups is 1. The monoisotopic (exact) mass is 518 g/mol. The van der Waals surface area contributed by atoms with Crippen LogP contribution in [0.15, 0.2) is 26.7 Å². The molecular formula is C15H27IN4O2S3. The minimum atomic E-state index is -3.39. The Morgan fingerprint density at radius 2 is 2.20 bits per heavy atom. The van der Waals surface area contributed by atoms with E-state index in [9.17, 15) is 8.42 Å². The summed E-state index contributed by atoms with van der Waals surface area (Å²) in [5.41, 5.74) is 0. The molecule has 0 bridgehead atoms. The Kier molecular flexibility index (Phi) is 9.51. The van der Waals surface area contributed by atoms with Crippen molar-refractivity contribution in [3.05, 3.63) is 17.5 Å². The average molecular weight is 519 g/mol. The molecule has 0 amide bonds. The number of aliphatic imine (C=N–C) groups is 1. The van der Waals surface area contributed by atoms with E-state index >= 15 is 0 Å². The maximum atomic E-state index is 12.3. The van der Waals surface area contributed by atoms with Crippen LogP contribution in [0, 0.1) is 0 Å². The molecule has 1 fully saturated rings. The van der Waals surface area contributed by atoms with Gasteiger partial charge in [-0.15, -0.1) is 35.3 Å². The van der Waals surface area contributed by atoms with Crippen molar-refractivity contribution in [2.75, 3.05) is 39.5 Å². The molecule has 0 spiro atoms. The number of sulfonamides is 1. The summed E-state index contributed by atoms with van der Waals surface area (Å²) in [5, 5.41) is 8.30. The summed E-state index contributed by atoms with van der Waals surface area (Å²) in [6.07, 6.45) is 2.48. The number of thiophene rings is 1. The van der Waals surface area contributed by atoms with Gasteiger partial charge in [0.15, 0.2) is 5.96 Å². The van der Waals surface area contributed by atoms with Gasteiger partial charge in [-0.05, 0) is 37.0 Å². The van der Waals surface area contributed by atoms with Gasteiger partial charge in [-0.25, -0.2) is 8.42 Å². The van der Waals surface area contributed by atoms with Crippen molar-refractivity contribution in [1.82, 2.24) is 14.9 Å². The molecule has 1 unspecified atom stereocenters. The van der Waals surface area contributed by atoms with Crippen LogP contribution < -0.4 is 10.6 Å². The van der Waals surface area contributed by atoms with Gasteiger partial charge in [0.1, 0.15) is 4.21 Å². The largest absolute Gasteiger partial charge is 0.355 e. The minimum Gasteiger partial charge on any atom is -0.355 e. The smallest absolute Gasteiger partial charge is 0.252 e. The Hall–Kier alpha value is -0.0400. The van der Waals surface area contributed by atoms with E-state index in [1.54, 1.807) is 31.6 Å². The molecule has 1 atom stereocenters. The number of rotatable bonds is 7. The number of nitrogens with one attached hydrogen (secondary N) is 2. The zero-order valence-electron chi connectivity index (χ0n) is 14.8. The summed E-state index contributed by atoms with van der Waals surface area (Å²) in [5.74, 6) is 1.93. The Morgan fingerprint density at radius 1 is 1.44 bits per heavy atom. The molecule has 6 nitrogen and oxygen atoms in total. The third-order valence-electron chi connectivity index (χ3n) is 4.03. The first-order chi connectivity index (χ1) is 11.4. The van der Waals surface area contributed by atoms with Crippen LogP contribution >= 0.6 is 47.1 Å². The van der Waals surface area contributed by atoms with E-state index in [4.69, 9.17) is 0 Å². The predicted molar refractivity (Wildman–Crippen MR) is 119 cm³/mol.